The van der Waals surface area contributed by atoms with Gasteiger partial charge in [-0.05, 0) is 68.1 Å². The van der Waals surface area contributed by atoms with Crippen molar-refractivity contribution in [3.63, 3.8) is 0 Å². The van der Waals surface area contributed by atoms with Gasteiger partial charge in [-0.15, -0.1) is 0 Å². The van der Waals surface area contributed by atoms with Crippen LogP contribution in [0.1, 0.15) is 106 Å². The molecule has 2 saturated carbocycles. The molecule has 0 unspecified atom stereocenters. The summed E-state index contributed by atoms with van der Waals surface area (Å²) in [6.45, 7) is 9.71. The first-order chi connectivity index (χ1) is 41.5. The number of aliphatic hydroxyl groups excluding tert-OH is 15. The third-order valence-corrected chi connectivity index (χ3v) is 22.7. The summed E-state index contributed by atoms with van der Waals surface area (Å²) >= 11 is 0. The lowest BCUT2D eigenvalue weighted by atomic mass is 9.42. The highest BCUT2D eigenvalue weighted by Gasteiger charge is 2.74. The highest BCUT2D eigenvalue weighted by molar-refractivity contribution is 5.84. The highest BCUT2D eigenvalue weighted by Crippen LogP contribution is 2.75. The van der Waals surface area contributed by atoms with Gasteiger partial charge in [-0.1, -0.05) is 52.7 Å². The van der Waals surface area contributed by atoms with Crippen molar-refractivity contribution in [3.8, 4) is 0 Å². The second-order valence-corrected chi connectivity index (χ2v) is 27.1. The van der Waals surface area contributed by atoms with Crippen LogP contribution in [0.5, 0.6) is 0 Å². The Hall–Kier alpha value is -2.16. The van der Waals surface area contributed by atoms with Crippen LogP contribution in [-0.4, -0.2) is 293 Å². The third-order valence-electron chi connectivity index (χ3n) is 22.7. The summed E-state index contributed by atoms with van der Waals surface area (Å²) in [5, 5.41) is 164. The maximum absolute atomic E-state index is 13.4. The van der Waals surface area contributed by atoms with Crippen molar-refractivity contribution < 1.29 is 143 Å². The lowest BCUT2D eigenvalue weighted by Crippen LogP contribution is -2.67. The first kappa shape index (κ1) is 68.7. The van der Waals surface area contributed by atoms with Crippen LogP contribution in [0.3, 0.4) is 0 Å². The highest BCUT2D eigenvalue weighted by atomic mass is 16.8. The molecule has 504 valence electrons. The Labute approximate surface area is 509 Å². The van der Waals surface area contributed by atoms with Crippen LogP contribution >= 0.6 is 0 Å². The van der Waals surface area contributed by atoms with Gasteiger partial charge >= 0.3 is 5.97 Å². The summed E-state index contributed by atoms with van der Waals surface area (Å²) in [6, 6.07) is 0. The van der Waals surface area contributed by atoms with Gasteiger partial charge in [0.05, 0.1) is 51.3 Å². The van der Waals surface area contributed by atoms with Crippen molar-refractivity contribution in [1.29, 1.82) is 0 Å². The van der Waals surface area contributed by atoms with Crippen LogP contribution in [0.2, 0.25) is 0 Å². The van der Waals surface area contributed by atoms with E-state index in [1.165, 1.54) is 18.1 Å². The number of ether oxygens (including phenoxy) is 12. The van der Waals surface area contributed by atoms with E-state index in [4.69, 9.17) is 56.8 Å². The number of hydrogen-bond acceptors (Lipinski definition) is 29. The predicted octanol–water partition coefficient (Wildman–Crippen LogP) is -4.46. The monoisotopic (exact) mass is 1270 g/mol. The number of Topliss-reactive ketones (excluding diaryl/α,β-unsaturated/α-hetero) is 1. The average Bonchev–Trinajstić information content (AvgIpc) is 1.48. The first-order valence-electron chi connectivity index (χ1n) is 31.0. The lowest BCUT2D eigenvalue weighted by Gasteiger charge is -2.63. The Morgan fingerprint density at radius 1 is 0.557 bits per heavy atom. The van der Waals surface area contributed by atoms with Gasteiger partial charge in [0.25, 0.3) is 0 Å². The number of aliphatic hydroxyl groups is 15. The third kappa shape index (κ3) is 11.3. The number of carbonyl (C=O) groups excluding carboxylic acids is 2. The molecule has 4 aliphatic carbocycles. The van der Waals surface area contributed by atoms with E-state index in [-0.39, 0.29) is 36.1 Å². The second kappa shape index (κ2) is 26.2. The number of hydrogen-bond donors (Lipinski definition) is 15. The standard InChI is InChI=1S/C59H94O29/c1-8-27(65)46-45(79-24(3)64)23(2)59(88-46)16-15-57(6)26-9-10-33-55(4,25(26)11-14-58(57,59)7)13-12-34(56(33,5)22-63)84-50-43(75)41(73)38(70)32(83-50)21-78-53-48(35(67)28(66)20-77-53)86-54-49(87-51-42(74)37(69)30(18-61)81-51)47(39(71)31(19-62)82-54)85-52-44(76)40(72)36(68)29(17-60)80-52/h23,28-54,60-63,66-76H,8-22H2,1-7H3/t23-,28+,29-,30+,31-,32-,33-,34+,35+,36-,37+,38-,39-,40+,41+,42-,43-,44-,45-,46-,47+,48-,49-,50+,51+,52+,53+,54+,55-,56-,57+,58+,59+/m1/s1. The molecule has 6 heterocycles. The summed E-state index contributed by atoms with van der Waals surface area (Å²) in [7, 11) is 0. The molecule has 1 spiro atoms. The van der Waals surface area contributed by atoms with E-state index in [0.717, 1.165) is 19.3 Å². The van der Waals surface area contributed by atoms with Crippen LogP contribution in [0.25, 0.3) is 0 Å². The summed E-state index contributed by atoms with van der Waals surface area (Å²) < 4.78 is 72.9. The number of allylic oxidation sites excluding steroid dienone is 2. The minimum Gasteiger partial charge on any atom is -0.459 e. The Morgan fingerprint density at radius 3 is 1.70 bits per heavy atom. The molecule has 15 N–H and O–H groups in total. The molecule has 0 radical (unpaired) electrons. The fourth-order valence-corrected chi connectivity index (χ4v) is 17.3. The van der Waals surface area contributed by atoms with Crippen LogP contribution in [0, 0.1) is 33.5 Å². The topological polar surface area (TPSA) is 448 Å². The van der Waals surface area contributed by atoms with Gasteiger partial charge in [0, 0.05) is 30.1 Å². The Balaban J connectivity index is 0.856. The lowest BCUT2D eigenvalue weighted by molar-refractivity contribution is -0.397. The van der Waals surface area contributed by atoms with Crippen LogP contribution < -0.4 is 0 Å². The smallest absolute Gasteiger partial charge is 0.303 e. The van der Waals surface area contributed by atoms with E-state index in [2.05, 4.69) is 20.8 Å². The number of ketones is 1. The minimum atomic E-state index is -2.06. The zero-order valence-corrected chi connectivity index (χ0v) is 50.7. The molecule has 10 aliphatic rings. The fraction of sp³-hybridized carbons (Fsp3) is 0.932. The summed E-state index contributed by atoms with van der Waals surface area (Å²) in [5.74, 6) is -0.964. The molecule has 6 aliphatic heterocycles. The maximum atomic E-state index is 13.4. The first-order valence-corrected chi connectivity index (χ1v) is 31.0. The van der Waals surface area contributed by atoms with E-state index >= 15 is 0 Å². The normalized spacial score (nSPS) is 53.0. The second-order valence-electron chi connectivity index (χ2n) is 27.1. The molecule has 88 heavy (non-hydrogen) atoms. The van der Waals surface area contributed by atoms with E-state index in [1.807, 2.05) is 13.8 Å². The molecule has 0 amide bonds. The Kier molecular flexibility index (Phi) is 20.5. The summed E-state index contributed by atoms with van der Waals surface area (Å²) in [5.41, 5.74) is -0.157. The molecule has 29 heteroatoms. The maximum Gasteiger partial charge on any atom is 0.303 e. The largest absolute Gasteiger partial charge is 0.459 e. The molecule has 0 aromatic heterocycles. The van der Waals surface area contributed by atoms with Crippen LogP contribution in [0.4, 0.5) is 0 Å². The van der Waals surface area contributed by atoms with Crippen molar-refractivity contribution >= 4 is 11.8 Å². The molecule has 10 rings (SSSR count). The SMILES string of the molecule is CCC(=O)[C@H]1O[C@@]2(CC[C@@]3(C)C4=C(CC[C@@]32C)[C@@]2(C)CC[C@H](O[C@@H]3O[C@H](CO[C@@H]5OC[C@H](O)[C@H](O)[C@H]5O[C@@H]5O[C@H](CO)[C@@H](O)[C@H](O[C@@H]6O[C@H](CO)[C@@H](O)[C@H](O)[C@H]6O)[C@H]5O[C@@H]5O[C@@H](CO)[C@H](O)[C@H]5O)[C@@H](O)[C@H](O)[C@H]3O)[C@](C)(CO)[C@@H]2CC4)[C@H](C)[C@H]1OC(C)=O. The number of rotatable bonds is 18. The Morgan fingerprint density at radius 2 is 1.10 bits per heavy atom. The molecule has 29 nitrogen and oxygen atoms in total. The Bertz CT molecular complexity index is 2480. The van der Waals surface area contributed by atoms with Crippen molar-refractivity contribution in [2.45, 2.75) is 271 Å². The van der Waals surface area contributed by atoms with Gasteiger partial charge in [0.2, 0.25) is 0 Å². The molecular formula is C59H94O29. The zero-order chi connectivity index (χ0) is 64.1. The molecule has 0 aromatic rings. The van der Waals surface area contributed by atoms with Crippen molar-refractivity contribution in [2.24, 2.45) is 33.5 Å². The number of esters is 1. The van der Waals surface area contributed by atoms with Crippen LogP contribution in [-0.2, 0) is 66.4 Å². The minimum absolute atomic E-state index is 0.102. The van der Waals surface area contributed by atoms with E-state index in [9.17, 15) is 86.2 Å². The molecule has 8 fully saturated rings. The van der Waals surface area contributed by atoms with Crippen molar-refractivity contribution in [3.05, 3.63) is 11.1 Å². The number of carbonyl (C=O) groups is 2. The van der Waals surface area contributed by atoms with Crippen molar-refractivity contribution in [1.82, 2.24) is 0 Å². The van der Waals surface area contributed by atoms with Gasteiger partial charge < -0.3 is 133 Å². The quantitative estimate of drug-likeness (QED) is 0.0455. The molecule has 0 aromatic carbocycles. The summed E-state index contributed by atoms with van der Waals surface area (Å²) in [6.07, 6.45) is -38.5. The molecular weight excluding hydrogens is 1170 g/mol. The van der Waals surface area contributed by atoms with Crippen LogP contribution in [0.15, 0.2) is 11.1 Å². The summed E-state index contributed by atoms with van der Waals surface area (Å²) in [4.78, 5) is 25.9. The van der Waals surface area contributed by atoms with E-state index < -0.39 is 220 Å². The van der Waals surface area contributed by atoms with Gasteiger partial charge in [0.1, 0.15) is 116 Å². The molecule has 0 bridgehead atoms. The van der Waals surface area contributed by atoms with Gasteiger partial charge in [-0.25, -0.2) is 0 Å². The van der Waals surface area contributed by atoms with Gasteiger partial charge in [-0.2, -0.15) is 0 Å². The van der Waals surface area contributed by atoms with E-state index in [0.29, 0.717) is 32.1 Å². The molecule has 6 saturated heterocycles. The number of fused-ring (bicyclic) bond motifs is 5. The van der Waals surface area contributed by atoms with Gasteiger partial charge in [0.15, 0.2) is 43.3 Å². The van der Waals surface area contributed by atoms with Crippen molar-refractivity contribution in [2.75, 3.05) is 39.6 Å². The fourth-order valence-electron chi connectivity index (χ4n) is 17.3. The average molecular weight is 1270 g/mol. The van der Waals surface area contributed by atoms with E-state index in [1.54, 1.807) is 6.92 Å². The predicted molar refractivity (Wildman–Crippen MR) is 292 cm³/mol. The zero-order valence-electron chi connectivity index (χ0n) is 50.7. The molecule has 33 atom stereocenters. The van der Waals surface area contributed by atoms with Gasteiger partial charge in [-0.3, -0.25) is 9.59 Å².